The van der Waals surface area contributed by atoms with Crippen LogP contribution in [0.5, 0.6) is 28.7 Å². The Morgan fingerprint density at radius 1 is 1.17 bits per heavy atom. The molecule has 0 bridgehead atoms. The minimum absolute atomic E-state index is 0.0191. The normalized spacial score (nSPS) is 12.3. The highest BCUT2D eigenvalue weighted by molar-refractivity contribution is 6.33. The Bertz CT molecular complexity index is 1030. The average Bonchev–Trinajstić information content (AvgIpc) is 2.82. The van der Waals surface area contributed by atoms with E-state index in [0.717, 1.165) is 11.1 Å². The topological polar surface area (TPSA) is 85.2 Å². The van der Waals surface area contributed by atoms with E-state index in [1.165, 1.54) is 0 Å². The number of benzene rings is 2. The fraction of sp³-hybridized carbons (Fsp3) is 0.318. The summed E-state index contributed by atoms with van der Waals surface area (Å²) in [4.78, 5) is 12.9. The summed E-state index contributed by atoms with van der Waals surface area (Å²) >= 11 is 6.15. The highest BCUT2D eigenvalue weighted by Gasteiger charge is 2.33. The number of hydrogen-bond donors (Lipinski definition) is 2. The molecule has 1 aliphatic rings. The zero-order valence-electron chi connectivity index (χ0n) is 17.0. The Labute approximate surface area is 174 Å². The van der Waals surface area contributed by atoms with Gasteiger partial charge < -0.3 is 24.4 Å². The maximum Gasteiger partial charge on any atom is 0.347 e. The van der Waals surface area contributed by atoms with E-state index in [2.05, 4.69) is 6.08 Å². The molecule has 0 saturated carbocycles. The summed E-state index contributed by atoms with van der Waals surface area (Å²) in [7, 11) is 1.55. The Hall–Kier alpha value is -2.70. The van der Waals surface area contributed by atoms with Crippen LogP contribution in [0.1, 0.15) is 46.5 Å². The van der Waals surface area contributed by atoms with Crippen LogP contribution in [0.3, 0.4) is 0 Å². The van der Waals surface area contributed by atoms with Gasteiger partial charge in [-0.15, -0.1) is 0 Å². The smallest absolute Gasteiger partial charge is 0.347 e. The molecule has 29 heavy (non-hydrogen) atoms. The van der Waals surface area contributed by atoms with Gasteiger partial charge in [0.1, 0.15) is 17.1 Å². The molecule has 0 unspecified atom stereocenters. The van der Waals surface area contributed by atoms with Crippen LogP contribution >= 0.6 is 11.6 Å². The molecular formula is C22H23ClO6. The number of hydrogen-bond acceptors (Lipinski definition) is 6. The van der Waals surface area contributed by atoms with E-state index in [1.54, 1.807) is 20.1 Å². The Morgan fingerprint density at radius 2 is 1.86 bits per heavy atom. The van der Waals surface area contributed by atoms with E-state index in [9.17, 15) is 15.0 Å². The fourth-order valence-electron chi connectivity index (χ4n) is 3.33. The van der Waals surface area contributed by atoms with Gasteiger partial charge in [0.2, 0.25) is 0 Å². The first-order valence-electron chi connectivity index (χ1n) is 9.09. The summed E-state index contributed by atoms with van der Waals surface area (Å²) in [5, 5.41) is 20.1. The fourth-order valence-corrected chi connectivity index (χ4v) is 3.54. The monoisotopic (exact) mass is 418 g/mol. The summed E-state index contributed by atoms with van der Waals surface area (Å²) < 4.78 is 17.2. The van der Waals surface area contributed by atoms with E-state index in [0.29, 0.717) is 23.3 Å². The van der Waals surface area contributed by atoms with Crippen molar-refractivity contribution in [1.29, 1.82) is 0 Å². The Morgan fingerprint density at radius 3 is 2.45 bits per heavy atom. The SMILES string of the molecule is COc1cc2c(c(C)c1CC=C(C)C)OC(=O)c1c(C)c(Cl)c(O)c(CO)c1O2. The molecule has 2 N–H and O–H groups in total. The first kappa shape index (κ1) is 21.0. The quantitative estimate of drug-likeness (QED) is 0.413. The zero-order valence-corrected chi connectivity index (χ0v) is 17.7. The van der Waals surface area contributed by atoms with Gasteiger partial charge in [0.15, 0.2) is 17.2 Å². The number of rotatable bonds is 4. The van der Waals surface area contributed by atoms with E-state index < -0.39 is 12.6 Å². The second-order valence-corrected chi connectivity index (χ2v) is 7.49. The third-order valence-corrected chi connectivity index (χ3v) is 5.44. The highest BCUT2D eigenvalue weighted by atomic mass is 35.5. The van der Waals surface area contributed by atoms with Crippen LogP contribution in [-0.2, 0) is 13.0 Å². The maximum atomic E-state index is 12.9. The third kappa shape index (κ3) is 3.54. The number of allylic oxidation sites excluding steroid dienone is 2. The van der Waals surface area contributed by atoms with Crippen molar-refractivity contribution in [1.82, 2.24) is 0 Å². The lowest BCUT2D eigenvalue weighted by Crippen LogP contribution is -2.12. The average molecular weight is 419 g/mol. The lowest BCUT2D eigenvalue weighted by atomic mass is 10.0. The van der Waals surface area contributed by atoms with Crippen molar-refractivity contribution < 1.29 is 29.2 Å². The molecule has 2 aromatic carbocycles. The van der Waals surface area contributed by atoms with Gasteiger partial charge in [-0.3, -0.25) is 0 Å². The molecule has 0 saturated heterocycles. The molecule has 0 fully saturated rings. The second-order valence-electron chi connectivity index (χ2n) is 7.12. The van der Waals surface area contributed by atoms with Gasteiger partial charge in [-0.2, -0.15) is 0 Å². The maximum absolute atomic E-state index is 12.9. The van der Waals surface area contributed by atoms with Crippen LogP contribution in [0.2, 0.25) is 5.02 Å². The summed E-state index contributed by atoms with van der Waals surface area (Å²) in [6.45, 7) is 6.84. The number of esters is 1. The molecule has 0 aromatic heterocycles. The van der Waals surface area contributed by atoms with Crippen LogP contribution in [-0.4, -0.2) is 23.3 Å². The molecule has 0 spiro atoms. The molecule has 154 valence electrons. The van der Waals surface area contributed by atoms with E-state index in [1.807, 2.05) is 20.8 Å². The van der Waals surface area contributed by atoms with Gasteiger partial charge in [0.05, 0.1) is 24.3 Å². The third-order valence-electron chi connectivity index (χ3n) is 4.98. The van der Waals surface area contributed by atoms with E-state index >= 15 is 0 Å². The van der Waals surface area contributed by atoms with Crippen molar-refractivity contribution in [2.24, 2.45) is 0 Å². The van der Waals surface area contributed by atoms with Crippen LogP contribution < -0.4 is 14.2 Å². The van der Waals surface area contributed by atoms with Crippen LogP contribution in [0, 0.1) is 13.8 Å². The number of carbonyl (C=O) groups is 1. The number of methoxy groups -OCH3 is 1. The van der Waals surface area contributed by atoms with Crippen molar-refractivity contribution in [3.05, 3.63) is 50.6 Å². The minimum atomic E-state index is -0.672. The zero-order chi connectivity index (χ0) is 21.5. The minimum Gasteiger partial charge on any atom is -0.506 e. The van der Waals surface area contributed by atoms with Gasteiger partial charge in [0, 0.05) is 17.2 Å². The number of halogens is 1. The van der Waals surface area contributed by atoms with Gasteiger partial charge in [-0.25, -0.2) is 4.79 Å². The first-order valence-corrected chi connectivity index (χ1v) is 9.47. The van der Waals surface area contributed by atoms with Crippen LogP contribution in [0.15, 0.2) is 17.7 Å². The summed E-state index contributed by atoms with van der Waals surface area (Å²) in [5.41, 5.74) is 3.12. The molecule has 2 aromatic rings. The summed E-state index contributed by atoms with van der Waals surface area (Å²) in [6, 6.07) is 1.64. The number of carbonyl (C=O) groups excluding carboxylic acids is 1. The van der Waals surface area contributed by atoms with Gasteiger partial charge in [-0.05, 0) is 39.7 Å². The number of fused-ring (bicyclic) bond motifs is 2. The van der Waals surface area contributed by atoms with Crippen LogP contribution in [0.25, 0.3) is 0 Å². The number of aliphatic hydroxyl groups is 1. The van der Waals surface area contributed by atoms with Gasteiger partial charge in [-0.1, -0.05) is 23.3 Å². The highest BCUT2D eigenvalue weighted by Crippen LogP contribution is 2.49. The number of aromatic hydroxyl groups is 1. The molecule has 1 heterocycles. The molecule has 6 nitrogen and oxygen atoms in total. The molecule has 0 aliphatic carbocycles. The molecule has 0 atom stereocenters. The lowest BCUT2D eigenvalue weighted by Gasteiger charge is -2.17. The largest absolute Gasteiger partial charge is 0.506 e. The molecule has 3 rings (SSSR count). The van der Waals surface area contributed by atoms with Gasteiger partial charge in [0.25, 0.3) is 0 Å². The predicted octanol–water partition coefficient (Wildman–Crippen LogP) is 5.00. The molecule has 0 amide bonds. The van der Waals surface area contributed by atoms with Crippen molar-refractivity contribution in [3.63, 3.8) is 0 Å². The number of aliphatic hydroxyl groups excluding tert-OH is 1. The number of ether oxygens (including phenoxy) is 3. The molecule has 1 aliphatic heterocycles. The summed E-state index contributed by atoms with van der Waals surface area (Å²) in [6.07, 6.45) is 2.65. The number of phenols is 1. The van der Waals surface area contributed by atoms with Gasteiger partial charge >= 0.3 is 5.97 Å². The standard InChI is InChI=1S/C22H23ClO6/c1-10(2)6-7-13-11(3)20-16(8-15(13)27-5)28-21-14(9-24)19(25)18(23)12(4)17(21)22(26)29-20/h6,8,24-25H,7,9H2,1-5H3. The Balaban J connectivity index is 2.27. The second kappa shape index (κ2) is 7.97. The molecular weight excluding hydrogens is 396 g/mol. The lowest BCUT2D eigenvalue weighted by molar-refractivity contribution is 0.0735. The van der Waals surface area contributed by atoms with Crippen molar-refractivity contribution in [2.75, 3.05) is 7.11 Å². The van der Waals surface area contributed by atoms with E-state index in [-0.39, 0.29) is 39.1 Å². The van der Waals surface area contributed by atoms with Crippen molar-refractivity contribution in [3.8, 4) is 28.7 Å². The van der Waals surface area contributed by atoms with Crippen molar-refractivity contribution >= 4 is 17.6 Å². The predicted molar refractivity (Wildman–Crippen MR) is 110 cm³/mol. The van der Waals surface area contributed by atoms with Crippen molar-refractivity contribution in [2.45, 2.75) is 40.7 Å². The van der Waals surface area contributed by atoms with E-state index in [4.69, 9.17) is 25.8 Å². The molecule has 0 radical (unpaired) electrons. The first-order chi connectivity index (χ1) is 13.7. The molecule has 7 heteroatoms. The van der Waals surface area contributed by atoms with Crippen LogP contribution in [0.4, 0.5) is 0 Å². The summed E-state index contributed by atoms with van der Waals surface area (Å²) in [5.74, 6) is 0.124. The Kier molecular flexibility index (Phi) is 5.78.